The minimum atomic E-state index is -0.0320. The second-order valence-electron chi connectivity index (χ2n) is 5.64. The van der Waals surface area contributed by atoms with Gasteiger partial charge in [0.1, 0.15) is 12.1 Å². The number of pyridine rings is 1. The van der Waals surface area contributed by atoms with E-state index in [0.29, 0.717) is 30.6 Å². The molecule has 0 spiro atoms. The topological polar surface area (TPSA) is 85.9 Å². The number of ether oxygens (including phenoxy) is 1. The summed E-state index contributed by atoms with van der Waals surface area (Å²) in [6.07, 6.45) is 0.743. The van der Waals surface area contributed by atoms with Crippen LogP contribution in [0.15, 0.2) is 23.0 Å². The molecule has 0 saturated carbocycles. The molecule has 3 rings (SSSR count). The average molecular weight is 324 g/mol. The maximum Gasteiger partial charge on any atom is 0.262 e. The van der Waals surface area contributed by atoms with Crippen LogP contribution in [0.25, 0.3) is 21.8 Å². The van der Waals surface area contributed by atoms with Crippen molar-refractivity contribution < 1.29 is 4.74 Å². The van der Waals surface area contributed by atoms with Gasteiger partial charge in [0.2, 0.25) is 0 Å². The van der Waals surface area contributed by atoms with Crippen molar-refractivity contribution in [2.45, 2.75) is 19.9 Å². The summed E-state index contributed by atoms with van der Waals surface area (Å²) < 4.78 is 6.73. The maximum absolute atomic E-state index is 12.8. The number of nitrogens with one attached hydrogen (secondary N) is 1. The average Bonchev–Trinajstić information content (AvgIpc) is 2.97. The van der Waals surface area contributed by atoms with Crippen LogP contribution in [-0.2, 0) is 11.3 Å². The van der Waals surface area contributed by atoms with Gasteiger partial charge in [-0.2, -0.15) is 5.10 Å². The fourth-order valence-electron chi connectivity index (χ4n) is 2.85. The monoisotopic (exact) mass is 324 g/mol. The van der Waals surface area contributed by atoms with E-state index in [0.717, 1.165) is 28.6 Å². The zero-order chi connectivity index (χ0) is 17.1. The van der Waals surface area contributed by atoms with Crippen molar-refractivity contribution in [3.63, 3.8) is 0 Å². The minimum Gasteiger partial charge on any atom is -0.372 e. The van der Waals surface area contributed by atoms with Crippen LogP contribution in [0.5, 0.6) is 0 Å². The van der Waals surface area contributed by atoms with Gasteiger partial charge in [0, 0.05) is 30.3 Å². The Kier molecular flexibility index (Phi) is 4.65. The molecule has 24 heavy (non-hydrogen) atoms. The molecule has 0 aliphatic rings. The van der Waals surface area contributed by atoms with Crippen molar-refractivity contribution >= 4 is 21.8 Å². The molecular weight excluding hydrogens is 304 g/mol. The van der Waals surface area contributed by atoms with E-state index in [-0.39, 0.29) is 5.56 Å². The molecule has 6 heteroatoms. The third kappa shape index (κ3) is 2.80. The molecule has 3 aromatic rings. The van der Waals surface area contributed by atoms with Crippen LogP contribution >= 0.6 is 0 Å². The number of aromatic amines is 1. The van der Waals surface area contributed by atoms with E-state index >= 15 is 0 Å². The predicted octanol–water partition coefficient (Wildman–Crippen LogP) is 1.53. The maximum atomic E-state index is 12.8. The highest BCUT2D eigenvalue weighted by Gasteiger charge is 2.15. The van der Waals surface area contributed by atoms with Gasteiger partial charge in [0.25, 0.3) is 5.56 Å². The Morgan fingerprint density at radius 3 is 3.00 bits per heavy atom. The van der Waals surface area contributed by atoms with Gasteiger partial charge in [0.15, 0.2) is 0 Å². The second-order valence-corrected chi connectivity index (χ2v) is 5.64. The fourth-order valence-corrected chi connectivity index (χ4v) is 2.85. The number of aryl methyl sites for hydroxylation is 2. The first-order valence-corrected chi connectivity index (χ1v) is 7.86. The Balaban J connectivity index is 2.29. The molecule has 3 N–H and O–H groups in total. The summed E-state index contributed by atoms with van der Waals surface area (Å²) in [4.78, 5) is 12.8. The molecular formula is C18H20N4O2. The van der Waals surface area contributed by atoms with Crippen molar-refractivity contribution in [1.29, 1.82) is 0 Å². The molecule has 0 aliphatic heterocycles. The first kappa shape index (κ1) is 16.2. The summed E-state index contributed by atoms with van der Waals surface area (Å²) in [5.41, 5.74) is 8.77. The van der Waals surface area contributed by atoms with Crippen LogP contribution in [0.1, 0.15) is 17.7 Å². The molecule has 0 bridgehead atoms. The Hall–Kier alpha value is -2.62. The number of fused-ring (bicyclic) bond motifs is 3. The summed E-state index contributed by atoms with van der Waals surface area (Å²) in [6.45, 7) is 3.36. The lowest BCUT2D eigenvalue weighted by molar-refractivity contribution is 0.240. The Morgan fingerprint density at radius 2 is 2.25 bits per heavy atom. The number of nitrogens with two attached hydrogens (primary N) is 1. The molecule has 0 atom stereocenters. The zero-order valence-electron chi connectivity index (χ0n) is 13.8. The van der Waals surface area contributed by atoms with Gasteiger partial charge in [-0.1, -0.05) is 11.8 Å². The van der Waals surface area contributed by atoms with Gasteiger partial charge in [-0.25, -0.2) is 0 Å². The van der Waals surface area contributed by atoms with E-state index in [4.69, 9.17) is 10.5 Å². The highest BCUT2D eigenvalue weighted by molar-refractivity contribution is 6.04. The molecule has 0 radical (unpaired) electrons. The van der Waals surface area contributed by atoms with Crippen molar-refractivity contribution in [2.24, 2.45) is 5.73 Å². The largest absolute Gasteiger partial charge is 0.372 e. The quantitative estimate of drug-likeness (QED) is 0.713. The zero-order valence-corrected chi connectivity index (χ0v) is 13.8. The lowest BCUT2D eigenvalue weighted by Crippen LogP contribution is -2.22. The van der Waals surface area contributed by atoms with Gasteiger partial charge >= 0.3 is 0 Å². The highest BCUT2D eigenvalue weighted by atomic mass is 16.5. The SMILES string of the molecule is COCC#Cc1ccc2c(c1)c1n[nH]c(C)c1c(=O)n2CCCN. The van der Waals surface area contributed by atoms with E-state index in [9.17, 15) is 4.79 Å². The lowest BCUT2D eigenvalue weighted by Gasteiger charge is -2.11. The third-order valence-corrected chi connectivity index (χ3v) is 3.98. The number of benzene rings is 1. The highest BCUT2D eigenvalue weighted by Crippen LogP contribution is 2.24. The first-order valence-electron chi connectivity index (χ1n) is 7.86. The summed E-state index contributed by atoms with van der Waals surface area (Å²) in [7, 11) is 1.61. The van der Waals surface area contributed by atoms with Gasteiger partial charge < -0.3 is 15.0 Å². The molecule has 0 saturated heterocycles. The van der Waals surface area contributed by atoms with Gasteiger partial charge in [-0.15, -0.1) is 0 Å². The van der Waals surface area contributed by atoms with E-state index in [2.05, 4.69) is 22.0 Å². The number of methoxy groups -OCH3 is 1. The number of hydrogen-bond acceptors (Lipinski definition) is 4. The molecule has 0 aliphatic carbocycles. The number of H-pyrrole nitrogens is 1. The van der Waals surface area contributed by atoms with Gasteiger partial charge in [0.05, 0.1) is 10.9 Å². The molecule has 6 nitrogen and oxygen atoms in total. The van der Waals surface area contributed by atoms with Gasteiger partial charge in [-0.05, 0) is 38.1 Å². The van der Waals surface area contributed by atoms with Crippen molar-refractivity contribution in [3.8, 4) is 11.8 Å². The van der Waals surface area contributed by atoms with Crippen molar-refractivity contribution in [2.75, 3.05) is 20.3 Å². The van der Waals surface area contributed by atoms with Crippen molar-refractivity contribution in [3.05, 3.63) is 39.8 Å². The summed E-state index contributed by atoms with van der Waals surface area (Å²) in [5.74, 6) is 6.01. The second kappa shape index (κ2) is 6.87. The van der Waals surface area contributed by atoms with Gasteiger partial charge in [-0.3, -0.25) is 9.89 Å². The smallest absolute Gasteiger partial charge is 0.262 e. The predicted molar refractivity (Wildman–Crippen MR) is 95.0 cm³/mol. The summed E-state index contributed by atoms with van der Waals surface area (Å²) >= 11 is 0. The van der Waals surface area contributed by atoms with E-state index in [1.54, 1.807) is 11.7 Å². The van der Waals surface area contributed by atoms with Crippen molar-refractivity contribution in [1.82, 2.24) is 14.8 Å². The van der Waals surface area contributed by atoms with Crippen LogP contribution in [0.3, 0.4) is 0 Å². The number of aromatic nitrogens is 3. The van der Waals surface area contributed by atoms with E-state index in [1.807, 2.05) is 25.1 Å². The van der Waals surface area contributed by atoms with Crippen LogP contribution in [0.4, 0.5) is 0 Å². The van der Waals surface area contributed by atoms with E-state index in [1.165, 1.54) is 0 Å². The first-order chi connectivity index (χ1) is 11.7. The van der Waals surface area contributed by atoms with Crippen LogP contribution in [-0.4, -0.2) is 35.0 Å². The number of nitrogens with zero attached hydrogens (tertiary/aromatic N) is 2. The standard InChI is InChI=1S/C18H20N4O2/c1-12-16-17(21-20-12)14-11-13(5-3-10-24-2)6-7-15(14)22(18(16)23)9-4-8-19/h6-7,11H,4,8-10,19H2,1-2H3,(H,20,21). The van der Waals surface area contributed by atoms with Crippen LogP contribution in [0, 0.1) is 18.8 Å². The fraction of sp³-hybridized carbons (Fsp3) is 0.333. The minimum absolute atomic E-state index is 0.0320. The summed E-state index contributed by atoms with van der Waals surface area (Å²) in [5, 5.41) is 8.79. The molecule has 0 unspecified atom stereocenters. The van der Waals surface area contributed by atoms with Crippen LogP contribution in [0.2, 0.25) is 0 Å². The van der Waals surface area contributed by atoms with E-state index < -0.39 is 0 Å². The third-order valence-electron chi connectivity index (χ3n) is 3.98. The molecule has 1 aromatic carbocycles. The molecule has 0 amide bonds. The molecule has 0 fully saturated rings. The normalized spacial score (nSPS) is 11.0. The van der Waals surface area contributed by atoms with Crippen LogP contribution < -0.4 is 11.3 Å². The Bertz CT molecular complexity index is 1000. The molecule has 124 valence electrons. The summed E-state index contributed by atoms with van der Waals surface area (Å²) in [6, 6.07) is 5.81. The Morgan fingerprint density at radius 1 is 1.42 bits per heavy atom. The molecule has 2 heterocycles. The number of hydrogen-bond donors (Lipinski definition) is 2. The lowest BCUT2D eigenvalue weighted by atomic mass is 10.1. The Labute approximate surface area is 139 Å². The molecule has 2 aromatic heterocycles. The number of rotatable bonds is 4.